The van der Waals surface area contributed by atoms with Crippen molar-refractivity contribution in [2.45, 2.75) is 13.8 Å². The molecule has 7 nitrogen and oxygen atoms in total. The van der Waals surface area contributed by atoms with Gasteiger partial charge in [0.25, 0.3) is 0 Å². The molecule has 7 heteroatoms. The highest BCUT2D eigenvalue weighted by Crippen LogP contribution is 2.01. The highest BCUT2D eigenvalue weighted by Gasteiger charge is 2.01. The van der Waals surface area contributed by atoms with Crippen LogP contribution in [-0.4, -0.2) is 37.3 Å². The second-order valence-electron chi connectivity index (χ2n) is 4.83. The molecule has 2 heterocycles. The van der Waals surface area contributed by atoms with Gasteiger partial charge in [-0.05, 0) is 24.3 Å². The first kappa shape index (κ1) is 17.0. The molecule has 0 aliphatic heterocycles. The number of rotatable bonds is 6. The van der Waals surface area contributed by atoms with Crippen molar-refractivity contribution >= 4 is 29.5 Å². The number of carbonyl (C=O) groups is 3. The molecule has 0 bridgehead atoms. The Morgan fingerprint density at radius 1 is 0.708 bits per heavy atom. The number of Topliss-reactive ketones (excluding diaryl/α,β-unsaturated/α-hetero) is 2. The molecule has 0 fully saturated rings. The lowest BCUT2D eigenvalue weighted by Gasteiger charge is -1.95. The first-order valence-corrected chi connectivity index (χ1v) is 7.02. The van der Waals surface area contributed by atoms with Crippen molar-refractivity contribution in [2.24, 2.45) is 0 Å². The predicted octanol–water partition coefficient (Wildman–Crippen LogP) is 1.97. The van der Waals surface area contributed by atoms with E-state index in [4.69, 9.17) is 0 Å². The molecule has 0 saturated heterocycles. The molecule has 2 aromatic rings. The predicted molar refractivity (Wildman–Crippen MR) is 87.1 cm³/mol. The first-order chi connectivity index (χ1) is 11.5. The molecule has 0 aromatic carbocycles. The Morgan fingerprint density at radius 2 is 1.12 bits per heavy atom. The van der Waals surface area contributed by atoms with Gasteiger partial charge in [0.1, 0.15) is 11.4 Å². The maximum atomic E-state index is 11.8. The number of aromatic nitrogens is 4. The van der Waals surface area contributed by atoms with Crippen molar-refractivity contribution in [3.8, 4) is 0 Å². The molecule has 0 radical (unpaired) electrons. The molecular weight excluding hydrogens is 308 g/mol. The van der Waals surface area contributed by atoms with E-state index in [9.17, 15) is 14.4 Å². The maximum absolute atomic E-state index is 11.8. The van der Waals surface area contributed by atoms with E-state index >= 15 is 0 Å². The van der Waals surface area contributed by atoms with E-state index in [-0.39, 0.29) is 28.7 Å². The van der Waals surface area contributed by atoms with E-state index < -0.39 is 0 Å². The Bertz CT molecular complexity index is 752. The van der Waals surface area contributed by atoms with Crippen LogP contribution in [0.5, 0.6) is 0 Å². The standard InChI is InChI=1S/C17H14N4O3/c1-11(22)16-9-18-13(7-20-16)3-5-15(24)6-4-14-8-21-17(10-19-14)12(2)23/h3-10H,1-2H3/b5-3+,6-4+. The Labute approximate surface area is 138 Å². The summed E-state index contributed by atoms with van der Waals surface area (Å²) >= 11 is 0. The summed E-state index contributed by atoms with van der Waals surface area (Å²) in [6.07, 6.45) is 11.2. The average molecular weight is 322 g/mol. The first-order valence-electron chi connectivity index (χ1n) is 7.02. The van der Waals surface area contributed by atoms with Gasteiger partial charge in [-0.3, -0.25) is 24.4 Å². The normalized spacial score (nSPS) is 11.1. The third kappa shape index (κ3) is 4.84. The topological polar surface area (TPSA) is 103 Å². The highest BCUT2D eigenvalue weighted by atomic mass is 16.1. The van der Waals surface area contributed by atoms with Crippen LogP contribution in [0.15, 0.2) is 36.9 Å². The Balaban J connectivity index is 1.98. The van der Waals surface area contributed by atoms with Gasteiger partial charge in [0.15, 0.2) is 17.3 Å². The molecule has 0 aliphatic rings. The van der Waals surface area contributed by atoms with Crippen LogP contribution in [-0.2, 0) is 4.79 Å². The van der Waals surface area contributed by atoms with E-state index in [1.54, 1.807) is 0 Å². The summed E-state index contributed by atoms with van der Waals surface area (Å²) in [4.78, 5) is 49.8. The van der Waals surface area contributed by atoms with Gasteiger partial charge in [0.05, 0.1) is 36.2 Å². The number of carbonyl (C=O) groups excluding carboxylic acids is 3. The van der Waals surface area contributed by atoms with E-state index in [1.165, 1.54) is 62.9 Å². The van der Waals surface area contributed by atoms with Gasteiger partial charge in [-0.25, -0.2) is 9.97 Å². The lowest BCUT2D eigenvalue weighted by Crippen LogP contribution is -1.98. The summed E-state index contributed by atoms with van der Waals surface area (Å²) in [5.74, 6) is -0.618. The zero-order valence-corrected chi connectivity index (χ0v) is 13.1. The Hall–Kier alpha value is -3.35. The molecule has 0 saturated carbocycles. The number of hydrogen-bond acceptors (Lipinski definition) is 7. The summed E-state index contributed by atoms with van der Waals surface area (Å²) < 4.78 is 0. The van der Waals surface area contributed by atoms with Crippen LogP contribution >= 0.6 is 0 Å². The van der Waals surface area contributed by atoms with Gasteiger partial charge in [-0.1, -0.05) is 0 Å². The largest absolute Gasteiger partial charge is 0.293 e. The number of nitrogens with zero attached hydrogens (tertiary/aromatic N) is 4. The van der Waals surface area contributed by atoms with E-state index in [2.05, 4.69) is 19.9 Å². The van der Waals surface area contributed by atoms with Crippen LogP contribution in [0.1, 0.15) is 46.2 Å². The average Bonchev–Trinajstić information content (AvgIpc) is 2.58. The minimum absolute atomic E-state index is 0.172. The lowest BCUT2D eigenvalue weighted by atomic mass is 10.2. The quantitative estimate of drug-likeness (QED) is 0.591. The molecule has 0 amide bonds. The second-order valence-corrected chi connectivity index (χ2v) is 4.83. The van der Waals surface area contributed by atoms with Crippen molar-refractivity contribution in [2.75, 3.05) is 0 Å². The Kier molecular flexibility index (Phi) is 5.51. The molecule has 0 spiro atoms. The monoisotopic (exact) mass is 322 g/mol. The summed E-state index contributed by atoms with van der Waals surface area (Å²) in [5, 5.41) is 0. The molecule has 24 heavy (non-hydrogen) atoms. The molecule has 2 aromatic heterocycles. The number of ketones is 3. The maximum Gasteiger partial charge on any atom is 0.179 e. The van der Waals surface area contributed by atoms with Gasteiger partial charge >= 0.3 is 0 Å². The van der Waals surface area contributed by atoms with Crippen molar-refractivity contribution in [3.63, 3.8) is 0 Å². The van der Waals surface area contributed by atoms with Gasteiger partial charge in [-0.2, -0.15) is 0 Å². The van der Waals surface area contributed by atoms with Crippen LogP contribution < -0.4 is 0 Å². The van der Waals surface area contributed by atoms with E-state index in [0.717, 1.165) is 0 Å². The van der Waals surface area contributed by atoms with Gasteiger partial charge < -0.3 is 0 Å². The highest BCUT2D eigenvalue weighted by molar-refractivity contribution is 6.04. The summed E-state index contributed by atoms with van der Waals surface area (Å²) in [5.41, 5.74) is 1.47. The van der Waals surface area contributed by atoms with Crippen LogP contribution in [0, 0.1) is 0 Å². The fourth-order valence-corrected chi connectivity index (χ4v) is 1.60. The zero-order valence-electron chi connectivity index (χ0n) is 13.1. The smallest absolute Gasteiger partial charge is 0.179 e. The van der Waals surface area contributed by atoms with Crippen molar-refractivity contribution in [3.05, 3.63) is 59.7 Å². The van der Waals surface area contributed by atoms with Crippen molar-refractivity contribution in [1.29, 1.82) is 0 Å². The second kappa shape index (κ2) is 7.77. The molecule has 0 unspecified atom stereocenters. The van der Waals surface area contributed by atoms with E-state index in [0.29, 0.717) is 11.4 Å². The number of allylic oxidation sites excluding steroid dienone is 2. The lowest BCUT2D eigenvalue weighted by molar-refractivity contribution is -0.110. The van der Waals surface area contributed by atoms with Crippen LogP contribution in [0.4, 0.5) is 0 Å². The molecule has 2 rings (SSSR count). The third-order valence-corrected chi connectivity index (χ3v) is 2.90. The fraction of sp³-hybridized carbons (Fsp3) is 0.118. The van der Waals surface area contributed by atoms with Gasteiger partial charge in [0, 0.05) is 13.8 Å². The van der Waals surface area contributed by atoms with Crippen LogP contribution in [0.2, 0.25) is 0 Å². The van der Waals surface area contributed by atoms with Crippen molar-refractivity contribution in [1.82, 2.24) is 19.9 Å². The van der Waals surface area contributed by atoms with Crippen molar-refractivity contribution < 1.29 is 14.4 Å². The summed E-state index contributed by atoms with van der Waals surface area (Å²) in [6, 6.07) is 0. The van der Waals surface area contributed by atoms with Gasteiger partial charge in [0.2, 0.25) is 0 Å². The zero-order chi connectivity index (χ0) is 17.5. The minimum atomic E-state index is -0.273. The molecular formula is C17H14N4O3. The molecule has 0 atom stereocenters. The van der Waals surface area contributed by atoms with Crippen LogP contribution in [0.25, 0.3) is 12.2 Å². The fourth-order valence-electron chi connectivity index (χ4n) is 1.60. The minimum Gasteiger partial charge on any atom is -0.293 e. The summed E-state index contributed by atoms with van der Waals surface area (Å²) in [7, 11) is 0. The molecule has 0 aliphatic carbocycles. The number of hydrogen-bond donors (Lipinski definition) is 0. The summed E-state index contributed by atoms with van der Waals surface area (Å²) in [6.45, 7) is 2.80. The SMILES string of the molecule is CC(=O)c1cnc(/C=C/C(=O)/C=C/c2cnc(C(C)=O)cn2)cn1. The molecule has 120 valence electrons. The third-order valence-electron chi connectivity index (χ3n) is 2.90. The Morgan fingerprint density at radius 3 is 1.42 bits per heavy atom. The van der Waals surface area contributed by atoms with Crippen LogP contribution in [0.3, 0.4) is 0 Å². The van der Waals surface area contributed by atoms with E-state index in [1.807, 2.05) is 0 Å². The molecule has 0 N–H and O–H groups in total. The van der Waals surface area contributed by atoms with Gasteiger partial charge in [-0.15, -0.1) is 0 Å².